The van der Waals surface area contributed by atoms with Gasteiger partial charge in [-0.3, -0.25) is 0 Å². The van der Waals surface area contributed by atoms with E-state index < -0.39 is 0 Å². The monoisotopic (exact) mass is 241 g/mol. The molecular formula is C12H11N5O. The number of aromatic nitrogens is 2. The van der Waals surface area contributed by atoms with Crippen molar-refractivity contribution in [2.75, 3.05) is 11.5 Å². The zero-order chi connectivity index (χ0) is 13.1. The van der Waals surface area contributed by atoms with Crippen molar-refractivity contribution in [2.45, 2.75) is 6.61 Å². The summed E-state index contributed by atoms with van der Waals surface area (Å²) in [5.41, 5.74) is 13.2. The second-order valence-corrected chi connectivity index (χ2v) is 3.66. The summed E-state index contributed by atoms with van der Waals surface area (Å²) in [6.07, 6.45) is 0. The van der Waals surface area contributed by atoms with Crippen LogP contribution in [0.4, 0.5) is 11.8 Å². The third-order valence-corrected chi connectivity index (χ3v) is 2.48. The van der Waals surface area contributed by atoms with E-state index in [1.165, 1.54) is 0 Å². The lowest BCUT2D eigenvalue weighted by Crippen LogP contribution is -2.04. The maximum Gasteiger partial charge on any atom is 0.222 e. The van der Waals surface area contributed by atoms with Gasteiger partial charge in [0.15, 0.2) is 0 Å². The summed E-state index contributed by atoms with van der Waals surface area (Å²) < 4.78 is 0. The van der Waals surface area contributed by atoms with Gasteiger partial charge < -0.3 is 16.6 Å². The fourth-order valence-corrected chi connectivity index (χ4v) is 1.58. The second-order valence-electron chi connectivity index (χ2n) is 3.66. The maximum absolute atomic E-state index is 9.06. The summed E-state index contributed by atoms with van der Waals surface area (Å²) in [5.74, 6) is 0.0824. The van der Waals surface area contributed by atoms with E-state index in [0.29, 0.717) is 11.3 Å². The third kappa shape index (κ3) is 2.07. The van der Waals surface area contributed by atoms with Crippen LogP contribution in [0, 0.1) is 11.3 Å². The molecule has 0 bridgehead atoms. The van der Waals surface area contributed by atoms with Crippen LogP contribution in [0.15, 0.2) is 24.3 Å². The normalized spacial score (nSPS) is 10.0. The molecule has 0 atom stereocenters. The first-order chi connectivity index (χ1) is 8.65. The van der Waals surface area contributed by atoms with E-state index >= 15 is 0 Å². The van der Waals surface area contributed by atoms with Crippen molar-refractivity contribution in [3.8, 4) is 17.3 Å². The van der Waals surface area contributed by atoms with Gasteiger partial charge in [-0.1, -0.05) is 24.3 Å². The SMILES string of the molecule is N#Cc1c(N)nc(N)nc1-c1ccc(CO)cc1. The third-order valence-electron chi connectivity index (χ3n) is 2.48. The Morgan fingerprint density at radius 1 is 1.17 bits per heavy atom. The summed E-state index contributed by atoms with van der Waals surface area (Å²) >= 11 is 0. The minimum Gasteiger partial charge on any atom is -0.392 e. The van der Waals surface area contributed by atoms with Gasteiger partial charge in [0.25, 0.3) is 0 Å². The van der Waals surface area contributed by atoms with Gasteiger partial charge in [0.05, 0.1) is 12.3 Å². The zero-order valence-corrected chi connectivity index (χ0v) is 9.46. The Kier molecular flexibility index (Phi) is 3.08. The first-order valence-electron chi connectivity index (χ1n) is 5.19. The van der Waals surface area contributed by atoms with Crippen LogP contribution in [0.2, 0.25) is 0 Å². The number of rotatable bonds is 2. The van der Waals surface area contributed by atoms with Crippen LogP contribution < -0.4 is 11.5 Å². The van der Waals surface area contributed by atoms with Crippen molar-refractivity contribution in [2.24, 2.45) is 0 Å². The average Bonchev–Trinajstić information content (AvgIpc) is 2.38. The van der Waals surface area contributed by atoms with E-state index in [-0.39, 0.29) is 23.9 Å². The summed E-state index contributed by atoms with van der Waals surface area (Å²) in [6, 6.07) is 8.93. The van der Waals surface area contributed by atoms with Crippen LogP contribution >= 0.6 is 0 Å². The predicted octanol–water partition coefficient (Wildman–Crippen LogP) is 0.672. The molecule has 0 saturated heterocycles. The number of hydrogen-bond acceptors (Lipinski definition) is 6. The number of aliphatic hydroxyl groups excluding tert-OH is 1. The Bertz CT molecular complexity index is 616. The molecular weight excluding hydrogens is 230 g/mol. The highest BCUT2D eigenvalue weighted by molar-refractivity contribution is 5.73. The molecule has 0 spiro atoms. The molecule has 0 saturated carbocycles. The Morgan fingerprint density at radius 2 is 1.83 bits per heavy atom. The summed E-state index contributed by atoms with van der Waals surface area (Å²) in [5, 5.41) is 18.0. The van der Waals surface area contributed by atoms with Crippen molar-refractivity contribution in [1.29, 1.82) is 5.26 Å². The highest BCUT2D eigenvalue weighted by Crippen LogP contribution is 2.25. The van der Waals surface area contributed by atoms with Crippen molar-refractivity contribution < 1.29 is 5.11 Å². The lowest BCUT2D eigenvalue weighted by atomic mass is 10.1. The van der Waals surface area contributed by atoms with Gasteiger partial charge in [0, 0.05) is 5.56 Å². The van der Waals surface area contributed by atoms with E-state index in [9.17, 15) is 0 Å². The molecule has 2 aromatic rings. The van der Waals surface area contributed by atoms with Gasteiger partial charge in [-0.25, -0.2) is 4.98 Å². The summed E-state index contributed by atoms with van der Waals surface area (Å²) in [4.78, 5) is 7.78. The number of aliphatic hydroxyl groups is 1. The van der Waals surface area contributed by atoms with Crippen LogP contribution in [0.5, 0.6) is 0 Å². The molecule has 90 valence electrons. The number of nitrogens with two attached hydrogens (primary N) is 2. The minimum absolute atomic E-state index is 0.0211. The number of hydrogen-bond donors (Lipinski definition) is 3. The fraction of sp³-hybridized carbons (Fsp3) is 0.0833. The van der Waals surface area contributed by atoms with E-state index in [2.05, 4.69) is 9.97 Å². The van der Waals surface area contributed by atoms with Crippen molar-refractivity contribution in [3.05, 3.63) is 35.4 Å². The number of anilines is 2. The van der Waals surface area contributed by atoms with Gasteiger partial charge in [-0.15, -0.1) is 0 Å². The highest BCUT2D eigenvalue weighted by atomic mass is 16.3. The molecule has 2 rings (SSSR count). The van der Waals surface area contributed by atoms with Crippen LogP contribution in [0.3, 0.4) is 0 Å². The molecule has 0 aliphatic heterocycles. The van der Waals surface area contributed by atoms with E-state index in [0.717, 1.165) is 5.56 Å². The minimum atomic E-state index is -0.0422. The molecule has 1 aromatic heterocycles. The molecule has 6 heteroatoms. The van der Waals surface area contributed by atoms with E-state index in [1.54, 1.807) is 24.3 Å². The first-order valence-corrected chi connectivity index (χ1v) is 5.19. The number of nitriles is 1. The topological polar surface area (TPSA) is 122 Å². The highest BCUT2D eigenvalue weighted by Gasteiger charge is 2.12. The number of nitrogen functional groups attached to an aromatic ring is 2. The molecule has 0 fully saturated rings. The summed E-state index contributed by atoms with van der Waals surface area (Å²) in [6.45, 7) is -0.0422. The largest absolute Gasteiger partial charge is 0.392 e. The molecule has 18 heavy (non-hydrogen) atoms. The average molecular weight is 241 g/mol. The molecule has 1 heterocycles. The molecule has 0 amide bonds. The number of nitrogens with zero attached hydrogens (tertiary/aromatic N) is 3. The lowest BCUT2D eigenvalue weighted by molar-refractivity contribution is 0.282. The molecule has 0 aliphatic rings. The molecule has 6 nitrogen and oxygen atoms in total. The second kappa shape index (κ2) is 4.69. The van der Waals surface area contributed by atoms with Gasteiger partial charge in [-0.2, -0.15) is 10.2 Å². The molecule has 0 unspecified atom stereocenters. The van der Waals surface area contributed by atoms with Gasteiger partial charge in [0.2, 0.25) is 5.95 Å². The van der Waals surface area contributed by atoms with E-state index in [1.807, 2.05) is 6.07 Å². The smallest absolute Gasteiger partial charge is 0.222 e. The van der Waals surface area contributed by atoms with Crippen molar-refractivity contribution in [3.63, 3.8) is 0 Å². The van der Waals surface area contributed by atoms with Gasteiger partial charge >= 0.3 is 0 Å². The van der Waals surface area contributed by atoms with Crippen LogP contribution in [-0.2, 0) is 6.61 Å². The lowest BCUT2D eigenvalue weighted by Gasteiger charge is -2.07. The van der Waals surface area contributed by atoms with Crippen molar-refractivity contribution in [1.82, 2.24) is 9.97 Å². The van der Waals surface area contributed by atoms with Crippen molar-refractivity contribution >= 4 is 11.8 Å². The molecule has 0 radical (unpaired) electrons. The Morgan fingerprint density at radius 3 is 2.39 bits per heavy atom. The number of benzene rings is 1. The zero-order valence-electron chi connectivity index (χ0n) is 9.46. The standard InChI is InChI=1S/C12H11N5O/c13-5-9-10(16-12(15)17-11(9)14)8-3-1-7(6-18)2-4-8/h1-4,18H,6H2,(H4,14,15,16,17). The predicted molar refractivity (Wildman–Crippen MR) is 66.9 cm³/mol. The Hall–Kier alpha value is -2.65. The quantitative estimate of drug-likeness (QED) is 0.710. The molecule has 1 aromatic carbocycles. The molecule has 0 aliphatic carbocycles. The van der Waals surface area contributed by atoms with Crippen LogP contribution in [0.1, 0.15) is 11.1 Å². The van der Waals surface area contributed by atoms with Gasteiger partial charge in [0.1, 0.15) is 17.5 Å². The van der Waals surface area contributed by atoms with E-state index in [4.69, 9.17) is 21.8 Å². The molecule has 5 N–H and O–H groups in total. The van der Waals surface area contributed by atoms with Crippen LogP contribution in [0.25, 0.3) is 11.3 Å². The Labute approximate surface area is 104 Å². The first kappa shape index (κ1) is 11.8. The Balaban J connectivity index is 2.59. The van der Waals surface area contributed by atoms with Crippen LogP contribution in [-0.4, -0.2) is 15.1 Å². The van der Waals surface area contributed by atoms with Gasteiger partial charge in [-0.05, 0) is 5.56 Å². The summed E-state index contributed by atoms with van der Waals surface area (Å²) in [7, 11) is 0. The fourth-order valence-electron chi connectivity index (χ4n) is 1.58. The maximum atomic E-state index is 9.06.